The molecule has 1 N–H and O–H groups in total. The number of nitrogens with zero attached hydrogens (tertiary/aromatic N) is 1. The fraction of sp³-hybridized carbons (Fsp3) is 0.300. The Kier molecular flexibility index (Phi) is 9.69. The van der Waals surface area contributed by atoms with E-state index < -0.39 is 6.04 Å². The summed E-state index contributed by atoms with van der Waals surface area (Å²) in [6.07, 6.45) is 1.36. The summed E-state index contributed by atoms with van der Waals surface area (Å²) in [5.41, 5.74) is 7.12. The van der Waals surface area contributed by atoms with Crippen LogP contribution < -0.4 is 19.7 Å². The number of nitrogens with one attached hydrogen (secondary N) is 1. The van der Waals surface area contributed by atoms with Gasteiger partial charge in [0.2, 0.25) is 5.91 Å². The van der Waals surface area contributed by atoms with E-state index in [1.807, 2.05) is 92.4 Å². The number of allylic oxidation sites excluding steroid dienone is 1. The molecular weight excluding hydrogens is 608 g/mol. The van der Waals surface area contributed by atoms with Gasteiger partial charge in [0.1, 0.15) is 6.61 Å². The summed E-state index contributed by atoms with van der Waals surface area (Å²) in [6, 6.07) is 28.9. The molecule has 0 fully saturated rings. The van der Waals surface area contributed by atoms with E-state index >= 15 is 0 Å². The lowest BCUT2D eigenvalue weighted by Gasteiger charge is -2.35. The zero-order chi connectivity index (χ0) is 33.1. The lowest BCUT2D eigenvalue weighted by atomic mass is 9.78. The van der Waals surface area contributed by atoms with Gasteiger partial charge in [-0.2, -0.15) is 0 Å². The zero-order valence-electron chi connectivity index (χ0n) is 27.4. The molecule has 4 aromatic carbocycles. The summed E-state index contributed by atoms with van der Waals surface area (Å²) in [5, 5.41) is 4.30. The summed E-state index contributed by atoms with van der Waals surface area (Å²) in [7, 11) is 0. The average molecular weight is 649 g/mol. The number of ketones is 1. The highest BCUT2D eigenvalue weighted by Gasteiger charge is 2.42. The molecule has 0 saturated heterocycles. The number of ether oxygens (including phenoxy) is 2. The quantitative estimate of drug-likeness (QED) is 0.196. The van der Waals surface area contributed by atoms with Crippen LogP contribution in [0.5, 0.6) is 11.5 Å². The number of Topliss-reactive ketones (excluding diaryl/α,β-unsaturated/α-hetero) is 1. The summed E-state index contributed by atoms with van der Waals surface area (Å²) in [5.74, 6) is 1.30. The lowest BCUT2D eigenvalue weighted by Crippen LogP contribution is -2.39. The fourth-order valence-electron chi connectivity index (χ4n) is 6.53. The van der Waals surface area contributed by atoms with E-state index in [0.717, 1.165) is 33.8 Å². The molecule has 0 aromatic heterocycles. The van der Waals surface area contributed by atoms with Crippen molar-refractivity contribution < 1.29 is 19.1 Å². The van der Waals surface area contributed by atoms with Gasteiger partial charge in [-0.1, -0.05) is 85.6 Å². The van der Waals surface area contributed by atoms with Crippen LogP contribution in [-0.2, 0) is 16.2 Å². The second kappa shape index (κ2) is 14.1. The summed E-state index contributed by atoms with van der Waals surface area (Å²) in [4.78, 5) is 30.5. The van der Waals surface area contributed by atoms with Crippen molar-refractivity contribution in [2.45, 2.75) is 65.5 Å². The van der Waals surface area contributed by atoms with Crippen molar-refractivity contribution in [1.82, 2.24) is 0 Å². The first-order valence-corrected chi connectivity index (χ1v) is 16.7. The van der Waals surface area contributed by atoms with E-state index in [-0.39, 0.29) is 23.5 Å². The third-order valence-corrected chi connectivity index (χ3v) is 9.03. The Balaban J connectivity index is 1.47. The van der Waals surface area contributed by atoms with E-state index in [1.165, 1.54) is 5.56 Å². The largest absolute Gasteiger partial charge is 0.490 e. The molecule has 1 amide bonds. The van der Waals surface area contributed by atoms with Crippen LogP contribution in [0.4, 0.5) is 11.4 Å². The minimum atomic E-state index is -0.650. The number of para-hydroxylation sites is 2. The summed E-state index contributed by atoms with van der Waals surface area (Å²) >= 11 is 6.07. The number of rotatable bonds is 9. The monoisotopic (exact) mass is 648 g/mol. The number of anilines is 2. The highest BCUT2D eigenvalue weighted by Crippen LogP contribution is 2.48. The highest BCUT2D eigenvalue weighted by molar-refractivity contribution is 6.30. The van der Waals surface area contributed by atoms with Crippen molar-refractivity contribution in [1.29, 1.82) is 0 Å². The van der Waals surface area contributed by atoms with Crippen molar-refractivity contribution in [2.75, 3.05) is 16.8 Å². The number of aryl methyl sites for hydroxylation is 1. The predicted molar refractivity (Wildman–Crippen MR) is 188 cm³/mol. The maximum atomic E-state index is 14.4. The molecule has 2 aliphatic rings. The molecular formula is C40H41ClN2O4. The van der Waals surface area contributed by atoms with Gasteiger partial charge in [0.25, 0.3) is 0 Å². The summed E-state index contributed by atoms with van der Waals surface area (Å²) in [6.45, 7) is 8.84. The van der Waals surface area contributed by atoms with Crippen LogP contribution in [-0.4, -0.2) is 18.3 Å². The average Bonchev–Trinajstić information content (AvgIpc) is 3.20. The number of halogens is 1. The van der Waals surface area contributed by atoms with Crippen LogP contribution in [0.15, 0.2) is 102 Å². The Morgan fingerprint density at radius 3 is 2.36 bits per heavy atom. The highest BCUT2D eigenvalue weighted by atomic mass is 35.5. The first-order chi connectivity index (χ1) is 22.7. The van der Waals surface area contributed by atoms with E-state index in [0.29, 0.717) is 54.6 Å². The summed E-state index contributed by atoms with van der Waals surface area (Å²) < 4.78 is 12.3. The van der Waals surface area contributed by atoms with Crippen molar-refractivity contribution in [3.8, 4) is 11.5 Å². The number of benzene rings is 4. The number of fused-ring (bicyclic) bond motifs is 1. The van der Waals surface area contributed by atoms with E-state index in [2.05, 4.69) is 36.5 Å². The standard InChI is InChI=1S/C40H41ClN2O4/c1-5-46-37-23-29(16-19-36(37)47-24-27-12-17-31(41)18-13-27)40-39-33(21-30(22-35(39)44)28-14-10-26(4)11-15-28)42-32-8-6-7-9-34(32)43(40)38(45)20-25(2)3/h6-19,23,25,30,40,42H,5,20-22,24H2,1-4H3/t30-,40-/m0/s1. The normalized spacial score (nSPS) is 17.5. The fourth-order valence-corrected chi connectivity index (χ4v) is 6.65. The molecule has 0 unspecified atom stereocenters. The molecule has 47 heavy (non-hydrogen) atoms. The Labute approximate surface area is 282 Å². The molecule has 1 aliphatic carbocycles. The molecule has 6 nitrogen and oxygen atoms in total. The van der Waals surface area contributed by atoms with Crippen molar-refractivity contribution in [3.05, 3.63) is 130 Å². The zero-order valence-corrected chi connectivity index (χ0v) is 28.1. The second-order valence-electron chi connectivity index (χ2n) is 12.8. The van der Waals surface area contributed by atoms with Crippen molar-refractivity contribution >= 4 is 34.7 Å². The van der Waals surface area contributed by atoms with Crippen molar-refractivity contribution in [3.63, 3.8) is 0 Å². The van der Waals surface area contributed by atoms with Crippen molar-refractivity contribution in [2.24, 2.45) is 5.92 Å². The molecule has 2 atom stereocenters. The topological polar surface area (TPSA) is 67.9 Å². The van der Waals surface area contributed by atoms with Gasteiger partial charge in [-0.15, -0.1) is 0 Å². The second-order valence-corrected chi connectivity index (χ2v) is 13.2. The van der Waals surface area contributed by atoms with Crippen LogP contribution in [0.1, 0.15) is 74.2 Å². The van der Waals surface area contributed by atoms with E-state index in [1.54, 1.807) is 0 Å². The SMILES string of the molecule is CCOc1cc([C@H]2C3=C(C[C@H](c4ccc(C)cc4)CC3=O)Nc3ccccc3N2C(=O)CC(C)C)ccc1OCc1ccc(Cl)cc1. The Hall–Kier alpha value is -4.55. The first-order valence-electron chi connectivity index (χ1n) is 16.4. The smallest absolute Gasteiger partial charge is 0.228 e. The third-order valence-electron chi connectivity index (χ3n) is 8.78. The molecule has 0 spiro atoms. The van der Waals surface area contributed by atoms with Gasteiger partial charge in [0.05, 0.1) is 24.0 Å². The van der Waals surface area contributed by atoms with E-state index in [4.69, 9.17) is 21.1 Å². The van der Waals surface area contributed by atoms with Gasteiger partial charge in [-0.25, -0.2) is 0 Å². The molecule has 242 valence electrons. The van der Waals surface area contributed by atoms with Gasteiger partial charge in [-0.3, -0.25) is 14.5 Å². The number of hydrogen-bond donors (Lipinski definition) is 1. The van der Waals surface area contributed by atoms with Gasteiger partial charge >= 0.3 is 0 Å². The Morgan fingerprint density at radius 1 is 0.915 bits per heavy atom. The van der Waals surface area contributed by atoms with Crippen LogP contribution in [0.2, 0.25) is 5.02 Å². The van der Waals surface area contributed by atoms with Gasteiger partial charge in [-0.05, 0) is 85.2 Å². The number of carbonyl (C=O) groups is 2. The molecule has 1 aliphatic heterocycles. The minimum Gasteiger partial charge on any atom is -0.490 e. The minimum absolute atomic E-state index is 0.0303. The van der Waals surface area contributed by atoms with E-state index in [9.17, 15) is 9.59 Å². The maximum Gasteiger partial charge on any atom is 0.228 e. The number of hydrogen-bond acceptors (Lipinski definition) is 5. The molecule has 4 aromatic rings. The molecule has 0 saturated carbocycles. The van der Waals surface area contributed by atoms with Gasteiger partial charge in [0, 0.05) is 29.1 Å². The molecule has 1 heterocycles. The van der Waals surface area contributed by atoms with Gasteiger partial charge in [0.15, 0.2) is 17.3 Å². The molecule has 6 rings (SSSR count). The first kappa shape index (κ1) is 32.4. The van der Waals surface area contributed by atoms with Crippen LogP contribution in [0, 0.1) is 12.8 Å². The molecule has 0 bridgehead atoms. The molecule has 7 heteroatoms. The third kappa shape index (κ3) is 7.08. The Morgan fingerprint density at radius 2 is 1.64 bits per heavy atom. The maximum absolute atomic E-state index is 14.4. The van der Waals surface area contributed by atoms with Crippen LogP contribution in [0.25, 0.3) is 0 Å². The lowest BCUT2D eigenvalue weighted by molar-refractivity contribution is -0.119. The predicted octanol–water partition coefficient (Wildman–Crippen LogP) is 9.57. The van der Waals surface area contributed by atoms with Gasteiger partial charge < -0.3 is 14.8 Å². The Bertz CT molecular complexity index is 1800. The number of amides is 1. The molecule has 0 radical (unpaired) electrons. The van der Waals surface area contributed by atoms with Crippen LogP contribution >= 0.6 is 11.6 Å². The van der Waals surface area contributed by atoms with Crippen LogP contribution in [0.3, 0.4) is 0 Å². The number of carbonyl (C=O) groups excluding carboxylic acids is 2.